The van der Waals surface area contributed by atoms with Crippen LogP contribution in [0, 0.1) is 5.92 Å². The first-order chi connectivity index (χ1) is 8.91. The molecule has 0 saturated carbocycles. The molecule has 1 aliphatic heterocycles. The van der Waals surface area contributed by atoms with Crippen molar-refractivity contribution in [2.45, 2.75) is 25.6 Å². The monoisotopic (exact) mass is 274 g/mol. The molecule has 19 heavy (non-hydrogen) atoms. The van der Waals surface area contributed by atoms with Crippen molar-refractivity contribution in [1.29, 1.82) is 0 Å². The quantitative estimate of drug-likeness (QED) is 0.656. The van der Waals surface area contributed by atoms with Crippen LogP contribution in [0.1, 0.15) is 24.9 Å². The molecule has 3 N–H and O–H groups in total. The van der Waals surface area contributed by atoms with E-state index in [-0.39, 0.29) is 5.56 Å². The summed E-state index contributed by atoms with van der Waals surface area (Å²) in [5.41, 5.74) is 2.46. The molecular weight excluding hydrogens is 257 g/mol. The van der Waals surface area contributed by atoms with Gasteiger partial charge in [-0.2, -0.15) is 13.2 Å². The highest BCUT2D eigenvalue weighted by Gasteiger charge is 2.46. The van der Waals surface area contributed by atoms with Crippen molar-refractivity contribution in [1.82, 2.24) is 9.88 Å². The molecule has 2 rings (SSSR count). The number of nitrogens with zero attached hydrogens (tertiary/aromatic N) is 2. The Labute approximate surface area is 109 Å². The number of pyridine rings is 1. The lowest BCUT2D eigenvalue weighted by molar-refractivity contribution is -0.184. The first kappa shape index (κ1) is 14.1. The van der Waals surface area contributed by atoms with Crippen LogP contribution in [-0.4, -0.2) is 29.1 Å². The number of rotatable bonds is 3. The summed E-state index contributed by atoms with van der Waals surface area (Å²) < 4.78 is 39.8. The van der Waals surface area contributed by atoms with E-state index in [1.54, 1.807) is 0 Å². The molecule has 1 aromatic rings. The van der Waals surface area contributed by atoms with Gasteiger partial charge < -0.3 is 5.43 Å². The molecule has 1 unspecified atom stereocenters. The van der Waals surface area contributed by atoms with E-state index in [4.69, 9.17) is 5.84 Å². The summed E-state index contributed by atoms with van der Waals surface area (Å²) in [6, 6.07) is 1.29. The highest BCUT2D eigenvalue weighted by molar-refractivity contribution is 5.35. The molecule has 7 heteroatoms. The Kier molecular flexibility index (Phi) is 3.96. The van der Waals surface area contributed by atoms with Crippen LogP contribution in [0.3, 0.4) is 0 Å². The van der Waals surface area contributed by atoms with Crippen LogP contribution < -0.4 is 11.3 Å². The van der Waals surface area contributed by atoms with Gasteiger partial charge in [0.25, 0.3) is 0 Å². The van der Waals surface area contributed by atoms with Gasteiger partial charge in [-0.15, -0.1) is 0 Å². The third kappa shape index (κ3) is 3.16. The van der Waals surface area contributed by atoms with Crippen molar-refractivity contribution in [3.63, 3.8) is 0 Å². The number of nitrogen functional groups attached to an aromatic ring is 1. The first-order valence-corrected chi connectivity index (χ1v) is 6.15. The molecule has 2 atom stereocenters. The average molecular weight is 274 g/mol. The summed E-state index contributed by atoms with van der Waals surface area (Å²) in [4.78, 5) is 5.33. The molecule has 106 valence electrons. The van der Waals surface area contributed by atoms with E-state index in [0.717, 1.165) is 6.42 Å². The SMILES string of the molecule is CC1CCN([C@H](c2ccc(NN)nc2)C(F)(F)F)C1. The Morgan fingerprint density at radius 2 is 2.21 bits per heavy atom. The number of hydrogen-bond acceptors (Lipinski definition) is 4. The van der Waals surface area contributed by atoms with E-state index in [0.29, 0.717) is 24.8 Å². The number of alkyl halides is 3. The lowest BCUT2D eigenvalue weighted by Crippen LogP contribution is -2.37. The summed E-state index contributed by atoms with van der Waals surface area (Å²) in [5, 5.41) is 0. The molecule has 0 aromatic carbocycles. The maximum atomic E-state index is 13.3. The van der Waals surface area contributed by atoms with E-state index >= 15 is 0 Å². The normalized spacial score (nSPS) is 22.5. The second kappa shape index (κ2) is 5.34. The number of anilines is 1. The van der Waals surface area contributed by atoms with Crippen molar-refractivity contribution in [2.75, 3.05) is 18.5 Å². The summed E-state index contributed by atoms with van der Waals surface area (Å²) >= 11 is 0. The van der Waals surface area contributed by atoms with E-state index < -0.39 is 12.2 Å². The fraction of sp³-hybridized carbons (Fsp3) is 0.583. The van der Waals surface area contributed by atoms with Gasteiger partial charge in [0.05, 0.1) is 0 Å². The van der Waals surface area contributed by atoms with Crippen molar-refractivity contribution in [3.8, 4) is 0 Å². The Bertz CT molecular complexity index is 418. The van der Waals surface area contributed by atoms with Gasteiger partial charge in [-0.1, -0.05) is 13.0 Å². The van der Waals surface area contributed by atoms with Gasteiger partial charge in [-0.3, -0.25) is 4.90 Å². The number of hydrazine groups is 1. The fourth-order valence-corrected chi connectivity index (χ4v) is 2.46. The fourth-order valence-electron chi connectivity index (χ4n) is 2.46. The molecule has 1 aromatic heterocycles. The molecular formula is C12H17F3N4. The number of nitrogens with one attached hydrogen (secondary N) is 1. The molecule has 0 amide bonds. The van der Waals surface area contributed by atoms with Gasteiger partial charge >= 0.3 is 6.18 Å². The van der Waals surface area contributed by atoms with Gasteiger partial charge in [-0.25, -0.2) is 10.8 Å². The number of halogens is 3. The summed E-state index contributed by atoms with van der Waals surface area (Å²) in [6.07, 6.45) is -2.28. The van der Waals surface area contributed by atoms with Crippen LogP contribution in [0.2, 0.25) is 0 Å². The van der Waals surface area contributed by atoms with Crippen LogP contribution in [0.15, 0.2) is 18.3 Å². The molecule has 1 fully saturated rings. The highest BCUT2D eigenvalue weighted by Crippen LogP contribution is 2.40. The molecule has 0 bridgehead atoms. The van der Waals surface area contributed by atoms with Gasteiger partial charge in [0.1, 0.15) is 11.9 Å². The number of likely N-dealkylation sites (tertiary alicyclic amines) is 1. The van der Waals surface area contributed by atoms with Gasteiger partial charge in [0.15, 0.2) is 0 Å². The second-order valence-corrected chi connectivity index (χ2v) is 4.95. The number of nitrogens with two attached hydrogens (primary N) is 1. The largest absolute Gasteiger partial charge is 0.408 e. The zero-order valence-electron chi connectivity index (χ0n) is 10.6. The van der Waals surface area contributed by atoms with E-state index in [2.05, 4.69) is 10.4 Å². The Morgan fingerprint density at radius 3 is 2.63 bits per heavy atom. The van der Waals surface area contributed by atoms with Crippen LogP contribution in [-0.2, 0) is 0 Å². The smallest absolute Gasteiger partial charge is 0.308 e. The van der Waals surface area contributed by atoms with Gasteiger partial charge in [0, 0.05) is 12.7 Å². The molecule has 0 spiro atoms. The Balaban J connectivity index is 2.26. The summed E-state index contributed by atoms with van der Waals surface area (Å²) in [7, 11) is 0. The molecule has 0 radical (unpaired) electrons. The number of aromatic nitrogens is 1. The van der Waals surface area contributed by atoms with Crippen LogP contribution in [0.25, 0.3) is 0 Å². The van der Waals surface area contributed by atoms with Gasteiger partial charge in [-0.05, 0) is 30.5 Å². The van der Waals surface area contributed by atoms with Crippen LogP contribution in [0.4, 0.5) is 19.0 Å². The average Bonchev–Trinajstić information content (AvgIpc) is 2.75. The minimum absolute atomic E-state index is 0.153. The second-order valence-electron chi connectivity index (χ2n) is 4.95. The Hall–Kier alpha value is -1.34. The lowest BCUT2D eigenvalue weighted by Gasteiger charge is -2.29. The zero-order chi connectivity index (χ0) is 14.0. The zero-order valence-corrected chi connectivity index (χ0v) is 10.6. The van der Waals surface area contributed by atoms with Crippen LogP contribution >= 0.6 is 0 Å². The maximum Gasteiger partial charge on any atom is 0.408 e. The van der Waals surface area contributed by atoms with Crippen LogP contribution in [0.5, 0.6) is 0 Å². The summed E-state index contributed by atoms with van der Waals surface area (Å²) in [6.45, 7) is 2.89. The first-order valence-electron chi connectivity index (χ1n) is 6.15. The molecule has 0 aliphatic carbocycles. The third-order valence-electron chi connectivity index (χ3n) is 3.38. The predicted molar refractivity (Wildman–Crippen MR) is 66.2 cm³/mol. The Morgan fingerprint density at radius 1 is 1.47 bits per heavy atom. The minimum atomic E-state index is -4.30. The van der Waals surface area contributed by atoms with E-state index in [9.17, 15) is 13.2 Å². The van der Waals surface area contributed by atoms with Crippen molar-refractivity contribution >= 4 is 5.82 Å². The van der Waals surface area contributed by atoms with Crippen molar-refractivity contribution in [2.24, 2.45) is 11.8 Å². The third-order valence-corrected chi connectivity index (χ3v) is 3.38. The maximum absolute atomic E-state index is 13.3. The van der Waals surface area contributed by atoms with E-state index in [1.807, 2.05) is 6.92 Å². The molecule has 2 heterocycles. The lowest BCUT2D eigenvalue weighted by atomic mass is 10.1. The standard InChI is InChI=1S/C12H17F3N4/c1-8-4-5-19(7-8)11(12(13,14)15)9-2-3-10(18-16)17-6-9/h2-3,6,8,11H,4-5,7,16H2,1H3,(H,17,18)/t8?,11-/m1/s1. The minimum Gasteiger partial charge on any atom is -0.308 e. The number of hydrogen-bond donors (Lipinski definition) is 2. The predicted octanol–water partition coefficient (Wildman–Crippen LogP) is 2.31. The van der Waals surface area contributed by atoms with E-state index in [1.165, 1.54) is 23.2 Å². The molecule has 1 saturated heterocycles. The molecule has 1 aliphatic rings. The molecule has 4 nitrogen and oxygen atoms in total. The van der Waals surface area contributed by atoms with Gasteiger partial charge in [0.2, 0.25) is 0 Å². The highest BCUT2D eigenvalue weighted by atomic mass is 19.4. The van der Waals surface area contributed by atoms with Crippen molar-refractivity contribution in [3.05, 3.63) is 23.9 Å². The topological polar surface area (TPSA) is 54.2 Å². The van der Waals surface area contributed by atoms with Crippen molar-refractivity contribution < 1.29 is 13.2 Å². The summed E-state index contributed by atoms with van der Waals surface area (Å²) in [5.74, 6) is 5.80.